The Morgan fingerprint density at radius 2 is 2.21 bits per heavy atom. The number of nitro benzene ring substituents is 1. The lowest BCUT2D eigenvalue weighted by molar-refractivity contribution is -0.384. The van der Waals surface area contributed by atoms with Gasteiger partial charge in [0.2, 0.25) is 0 Å². The number of allylic oxidation sites excluding steroid dienone is 1. The molecule has 0 saturated carbocycles. The molecule has 1 aromatic carbocycles. The van der Waals surface area contributed by atoms with Crippen LogP contribution in [0.5, 0.6) is 0 Å². The fourth-order valence-corrected chi connectivity index (χ4v) is 2.66. The number of ether oxygens (including phenoxy) is 1. The van der Waals surface area contributed by atoms with E-state index in [0.29, 0.717) is 11.1 Å². The second kappa shape index (κ2) is 9.24. The predicted octanol–water partition coefficient (Wildman–Crippen LogP) is 3.29. The number of benzene rings is 1. The Morgan fingerprint density at radius 3 is 2.76 bits per heavy atom. The van der Waals surface area contributed by atoms with Gasteiger partial charge in [-0.2, -0.15) is 4.39 Å². The number of nitro groups is 1. The van der Waals surface area contributed by atoms with E-state index < -0.39 is 28.8 Å². The first-order valence-corrected chi connectivity index (χ1v) is 8.87. The summed E-state index contributed by atoms with van der Waals surface area (Å²) in [4.78, 5) is 33.5. The largest absolute Gasteiger partial charge is 0.480 e. The summed E-state index contributed by atoms with van der Waals surface area (Å²) in [5.74, 6) is -4.42. The third kappa shape index (κ3) is 6.08. The molecule has 8 nitrogen and oxygen atoms in total. The number of nitrogens with zero attached hydrogens (tertiary/aromatic N) is 1. The van der Waals surface area contributed by atoms with Crippen LogP contribution in [0.2, 0.25) is 0 Å². The highest BCUT2D eigenvalue weighted by atomic mass is 19.2. The molecule has 2 rings (SSSR count). The quantitative estimate of drug-likeness (QED) is 0.294. The standard InChI is InChI=1S/C20H21FN2O6/c1-2-15(10-14-4-3-5-16(11-14)23(27)28)19(26)29-20(21)8-6-13(7-9-20)12-17(22)18(24)25/h3-8,10-11,17H,2,9,12,22H2,1H3,(H,24,25). The van der Waals surface area contributed by atoms with Crippen LogP contribution in [0.15, 0.2) is 53.6 Å². The number of hydrogen-bond acceptors (Lipinski definition) is 6. The number of carboxylic acids is 1. The van der Waals surface area contributed by atoms with E-state index in [4.69, 9.17) is 15.6 Å². The van der Waals surface area contributed by atoms with Crippen molar-refractivity contribution in [1.29, 1.82) is 0 Å². The van der Waals surface area contributed by atoms with E-state index >= 15 is 0 Å². The highest BCUT2D eigenvalue weighted by molar-refractivity contribution is 5.94. The molecule has 0 aromatic heterocycles. The summed E-state index contributed by atoms with van der Waals surface area (Å²) < 4.78 is 19.9. The summed E-state index contributed by atoms with van der Waals surface area (Å²) in [6.45, 7) is 1.68. The Kier molecular flexibility index (Phi) is 7.00. The van der Waals surface area contributed by atoms with Crippen molar-refractivity contribution in [2.75, 3.05) is 0 Å². The van der Waals surface area contributed by atoms with Gasteiger partial charge in [0.05, 0.1) is 4.92 Å². The van der Waals surface area contributed by atoms with Crippen molar-refractivity contribution in [2.24, 2.45) is 5.73 Å². The molecular formula is C20H21FN2O6. The number of aliphatic carboxylic acids is 1. The predicted molar refractivity (Wildman–Crippen MR) is 103 cm³/mol. The second-order valence-electron chi connectivity index (χ2n) is 6.52. The molecule has 0 amide bonds. The molecule has 3 N–H and O–H groups in total. The number of esters is 1. The Balaban J connectivity index is 2.09. The van der Waals surface area contributed by atoms with Crippen molar-refractivity contribution >= 4 is 23.7 Å². The molecular weight excluding hydrogens is 383 g/mol. The minimum Gasteiger partial charge on any atom is -0.480 e. The van der Waals surface area contributed by atoms with E-state index in [0.717, 1.165) is 6.08 Å². The molecule has 0 radical (unpaired) electrons. The van der Waals surface area contributed by atoms with Crippen LogP contribution in [0.3, 0.4) is 0 Å². The highest BCUT2D eigenvalue weighted by Crippen LogP contribution is 2.29. The first-order valence-electron chi connectivity index (χ1n) is 8.87. The summed E-state index contributed by atoms with van der Waals surface area (Å²) in [7, 11) is 0. The molecule has 0 aliphatic heterocycles. The summed E-state index contributed by atoms with van der Waals surface area (Å²) in [6.07, 6.45) is 5.23. The first-order chi connectivity index (χ1) is 13.6. The van der Waals surface area contributed by atoms with Gasteiger partial charge in [0, 0.05) is 24.1 Å². The van der Waals surface area contributed by atoms with E-state index in [-0.39, 0.29) is 30.5 Å². The van der Waals surface area contributed by atoms with Crippen molar-refractivity contribution in [3.63, 3.8) is 0 Å². The second-order valence-corrected chi connectivity index (χ2v) is 6.52. The summed E-state index contributed by atoms with van der Waals surface area (Å²) in [5.41, 5.74) is 6.43. The monoisotopic (exact) mass is 404 g/mol. The van der Waals surface area contributed by atoms with Crippen LogP contribution in [0.25, 0.3) is 6.08 Å². The first kappa shape index (κ1) is 22.0. The minimum absolute atomic E-state index is 0.0305. The third-order valence-corrected chi connectivity index (χ3v) is 4.29. The number of alkyl halides is 1. The molecule has 9 heteroatoms. The average Bonchev–Trinajstić information content (AvgIpc) is 2.67. The number of carboxylic acid groups (broad SMARTS) is 1. The fourth-order valence-electron chi connectivity index (χ4n) is 2.66. The zero-order chi connectivity index (χ0) is 21.6. The topological polar surface area (TPSA) is 133 Å². The number of carbonyl (C=O) groups excluding carboxylic acids is 1. The number of halogens is 1. The van der Waals surface area contributed by atoms with Crippen LogP contribution in [-0.2, 0) is 14.3 Å². The van der Waals surface area contributed by atoms with Gasteiger partial charge in [-0.3, -0.25) is 14.9 Å². The van der Waals surface area contributed by atoms with Gasteiger partial charge in [-0.25, -0.2) is 4.79 Å². The summed E-state index contributed by atoms with van der Waals surface area (Å²) in [6, 6.07) is 4.59. The van der Waals surface area contributed by atoms with Crippen LogP contribution < -0.4 is 5.73 Å². The van der Waals surface area contributed by atoms with Gasteiger partial charge in [0.25, 0.3) is 11.5 Å². The van der Waals surface area contributed by atoms with Gasteiger partial charge in [-0.15, -0.1) is 0 Å². The molecule has 1 aliphatic carbocycles. The van der Waals surface area contributed by atoms with Gasteiger partial charge in [0.15, 0.2) is 0 Å². The number of non-ortho nitro benzene ring substituents is 1. The lowest BCUT2D eigenvalue weighted by Gasteiger charge is -2.25. The Hall–Kier alpha value is -3.33. The molecule has 1 aromatic rings. The molecule has 0 saturated heterocycles. The molecule has 2 unspecified atom stereocenters. The fraction of sp³-hybridized carbons (Fsp3) is 0.300. The molecule has 154 valence electrons. The van der Waals surface area contributed by atoms with E-state index in [1.165, 1.54) is 36.4 Å². The van der Waals surface area contributed by atoms with E-state index in [9.17, 15) is 24.1 Å². The van der Waals surface area contributed by atoms with Crippen LogP contribution in [0.1, 0.15) is 31.7 Å². The maximum absolute atomic E-state index is 14.9. The normalized spacial score (nSPS) is 20.0. The number of rotatable bonds is 8. The van der Waals surface area contributed by atoms with Crippen LogP contribution in [-0.4, -0.2) is 33.9 Å². The molecule has 2 atom stereocenters. The van der Waals surface area contributed by atoms with E-state index in [1.54, 1.807) is 13.0 Å². The lowest BCUT2D eigenvalue weighted by atomic mass is 9.98. The minimum atomic E-state index is -2.37. The van der Waals surface area contributed by atoms with Crippen LogP contribution in [0.4, 0.5) is 10.1 Å². The third-order valence-electron chi connectivity index (χ3n) is 4.29. The molecule has 1 aliphatic rings. The SMILES string of the molecule is CCC(=Cc1cccc([N+](=O)[O-])c1)C(=O)OC1(F)C=CC(CC(N)C(=O)O)=CC1. The average molecular weight is 404 g/mol. The Bertz CT molecular complexity index is 908. The number of hydrogen-bond donors (Lipinski definition) is 2. The zero-order valence-corrected chi connectivity index (χ0v) is 15.7. The van der Waals surface area contributed by atoms with Gasteiger partial charge >= 0.3 is 11.9 Å². The zero-order valence-electron chi connectivity index (χ0n) is 15.7. The molecule has 0 heterocycles. The van der Waals surface area contributed by atoms with Crippen LogP contribution >= 0.6 is 0 Å². The van der Waals surface area contributed by atoms with Crippen molar-refractivity contribution in [3.8, 4) is 0 Å². The lowest BCUT2D eigenvalue weighted by Crippen LogP contribution is -2.32. The van der Waals surface area contributed by atoms with Crippen molar-refractivity contribution in [2.45, 2.75) is 38.1 Å². The number of nitrogens with two attached hydrogens (primary N) is 1. The summed E-state index contributed by atoms with van der Waals surface area (Å²) in [5, 5.41) is 19.7. The smallest absolute Gasteiger partial charge is 0.336 e. The molecule has 29 heavy (non-hydrogen) atoms. The Labute approximate surface area is 166 Å². The van der Waals surface area contributed by atoms with Crippen molar-refractivity contribution < 1.29 is 28.7 Å². The van der Waals surface area contributed by atoms with Crippen molar-refractivity contribution in [3.05, 3.63) is 69.3 Å². The van der Waals surface area contributed by atoms with E-state index in [1.807, 2.05) is 0 Å². The molecule has 0 bridgehead atoms. The van der Waals surface area contributed by atoms with Gasteiger partial charge < -0.3 is 15.6 Å². The van der Waals surface area contributed by atoms with Crippen LogP contribution in [0, 0.1) is 10.1 Å². The Morgan fingerprint density at radius 1 is 1.48 bits per heavy atom. The summed E-state index contributed by atoms with van der Waals surface area (Å²) >= 11 is 0. The maximum atomic E-state index is 14.9. The molecule has 0 spiro atoms. The van der Waals surface area contributed by atoms with Gasteiger partial charge in [0.1, 0.15) is 6.04 Å². The van der Waals surface area contributed by atoms with E-state index in [2.05, 4.69) is 0 Å². The van der Waals surface area contributed by atoms with Crippen molar-refractivity contribution in [1.82, 2.24) is 0 Å². The number of carbonyl (C=O) groups is 2. The highest BCUT2D eigenvalue weighted by Gasteiger charge is 2.33. The molecule has 0 fully saturated rings. The van der Waals surface area contributed by atoms with Gasteiger partial charge in [-0.1, -0.05) is 31.2 Å². The maximum Gasteiger partial charge on any atom is 0.336 e. The van der Waals surface area contributed by atoms with Gasteiger partial charge in [-0.05, 0) is 36.1 Å².